The van der Waals surface area contributed by atoms with Gasteiger partial charge in [0.2, 0.25) is 0 Å². The first-order valence-corrected chi connectivity index (χ1v) is 8.38. The molecule has 0 atom stereocenters. The topological polar surface area (TPSA) is 43.6 Å². The van der Waals surface area contributed by atoms with Crippen molar-refractivity contribution in [1.82, 2.24) is 9.38 Å². The van der Waals surface area contributed by atoms with E-state index in [-0.39, 0.29) is 5.56 Å². The number of ether oxygens (including phenoxy) is 1. The number of pyridine rings is 1. The third-order valence-electron chi connectivity index (χ3n) is 4.14. The summed E-state index contributed by atoms with van der Waals surface area (Å²) in [5.41, 5.74) is 3.27. The normalized spacial score (nSPS) is 10.9. The van der Waals surface area contributed by atoms with Crippen LogP contribution in [-0.4, -0.2) is 9.38 Å². The van der Waals surface area contributed by atoms with Crippen LogP contribution in [0.3, 0.4) is 0 Å². The molecule has 2 aromatic heterocycles. The maximum atomic E-state index is 12.7. The van der Waals surface area contributed by atoms with Crippen molar-refractivity contribution in [3.8, 4) is 5.75 Å². The highest BCUT2D eigenvalue weighted by Crippen LogP contribution is 2.19. The lowest BCUT2D eigenvalue weighted by molar-refractivity contribution is 0.308. The zero-order valence-corrected chi connectivity index (χ0v) is 14.2. The molecule has 4 heteroatoms. The van der Waals surface area contributed by atoms with Crippen LogP contribution in [0.25, 0.3) is 5.65 Å². The van der Waals surface area contributed by atoms with Crippen LogP contribution in [0.4, 0.5) is 0 Å². The zero-order chi connectivity index (χ0) is 16.9. The first-order valence-electron chi connectivity index (χ1n) is 8.38. The Balaban J connectivity index is 1.96. The molecule has 0 bridgehead atoms. The Morgan fingerprint density at radius 3 is 2.67 bits per heavy atom. The van der Waals surface area contributed by atoms with Crippen LogP contribution in [0.2, 0.25) is 0 Å². The summed E-state index contributed by atoms with van der Waals surface area (Å²) >= 11 is 0. The number of hydrogen-bond acceptors (Lipinski definition) is 3. The molecule has 0 aliphatic carbocycles. The Labute approximate surface area is 141 Å². The predicted octanol–water partition coefficient (Wildman–Crippen LogP) is 3.92. The Morgan fingerprint density at radius 2 is 1.92 bits per heavy atom. The van der Waals surface area contributed by atoms with Gasteiger partial charge in [-0.3, -0.25) is 9.20 Å². The van der Waals surface area contributed by atoms with Crippen LogP contribution in [0, 0.1) is 6.92 Å². The number of fused-ring (bicyclic) bond motifs is 1. The van der Waals surface area contributed by atoms with E-state index in [0.717, 1.165) is 36.1 Å². The van der Waals surface area contributed by atoms with Gasteiger partial charge < -0.3 is 4.74 Å². The molecular weight excluding hydrogens is 300 g/mol. The lowest BCUT2D eigenvalue weighted by Gasteiger charge is -2.12. The number of rotatable bonds is 6. The largest absolute Gasteiger partial charge is 0.485 e. The van der Waals surface area contributed by atoms with Crippen molar-refractivity contribution in [1.29, 1.82) is 0 Å². The fraction of sp³-hybridized carbons (Fsp3) is 0.300. The van der Waals surface area contributed by atoms with Gasteiger partial charge in [0.25, 0.3) is 5.56 Å². The molecule has 0 N–H and O–H groups in total. The summed E-state index contributed by atoms with van der Waals surface area (Å²) in [5, 5.41) is 0. The SMILES string of the molecule is CCCCc1c(C)nc2c(OCc3ccccc3)cccn2c1=O. The fourth-order valence-electron chi connectivity index (χ4n) is 2.77. The first-order chi connectivity index (χ1) is 11.7. The maximum Gasteiger partial charge on any atom is 0.261 e. The molecule has 1 aromatic carbocycles. The van der Waals surface area contributed by atoms with Crippen LogP contribution >= 0.6 is 0 Å². The second-order valence-corrected chi connectivity index (χ2v) is 5.92. The average molecular weight is 322 g/mol. The van der Waals surface area contributed by atoms with E-state index in [4.69, 9.17) is 4.74 Å². The number of unbranched alkanes of at least 4 members (excludes halogenated alkanes) is 1. The van der Waals surface area contributed by atoms with E-state index in [1.807, 2.05) is 49.4 Å². The molecule has 0 radical (unpaired) electrons. The van der Waals surface area contributed by atoms with Crippen LogP contribution in [0.1, 0.15) is 36.6 Å². The smallest absolute Gasteiger partial charge is 0.261 e. The van der Waals surface area contributed by atoms with Crippen molar-refractivity contribution in [2.75, 3.05) is 0 Å². The predicted molar refractivity (Wildman–Crippen MR) is 95.6 cm³/mol. The summed E-state index contributed by atoms with van der Waals surface area (Å²) in [7, 11) is 0. The number of benzene rings is 1. The first kappa shape index (κ1) is 16.2. The Bertz CT molecular complexity index is 885. The standard InChI is InChI=1S/C20H22N2O2/c1-3-4-11-17-15(2)21-19-18(12-8-13-22(19)20(17)23)24-14-16-9-6-5-7-10-16/h5-10,12-13H,3-4,11,14H2,1-2H3. The van der Waals surface area contributed by atoms with Crippen LogP contribution in [0.15, 0.2) is 53.5 Å². The summed E-state index contributed by atoms with van der Waals surface area (Å²) in [6, 6.07) is 13.6. The molecule has 0 fully saturated rings. The molecule has 4 nitrogen and oxygen atoms in total. The highest BCUT2D eigenvalue weighted by Gasteiger charge is 2.12. The van der Waals surface area contributed by atoms with Crippen molar-refractivity contribution in [3.63, 3.8) is 0 Å². The third kappa shape index (κ3) is 3.32. The fourth-order valence-corrected chi connectivity index (χ4v) is 2.77. The summed E-state index contributed by atoms with van der Waals surface area (Å²) in [5.74, 6) is 0.628. The van der Waals surface area contributed by atoms with Gasteiger partial charge in [-0.15, -0.1) is 0 Å². The van der Waals surface area contributed by atoms with E-state index in [0.29, 0.717) is 18.0 Å². The number of aryl methyl sites for hydroxylation is 1. The van der Waals surface area contributed by atoms with Crippen LogP contribution in [-0.2, 0) is 13.0 Å². The highest BCUT2D eigenvalue weighted by molar-refractivity contribution is 5.54. The summed E-state index contributed by atoms with van der Waals surface area (Å²) in [4.78, 5) is 17.4. The number of nitrogens with zero attached hydrogens (tertiary/aromatic N) is 2. The molecule has 0 saturated carbocycles. The van der Waals surface area contributed by atoms with Gasteiger partial charge in [0.05, 0.1) is 0 Å². The van der Waals surface area contributed by atoms with Gasteiger partial charge in [0.15, 0.2) is 11.4 Å². The number of aromatic nitrogens is 2. The molecule has 0 aliphatic heterocycles. The van der Waals surface area contributed by atoms with Crippen LogP contribution < -0.4 is 10.3 Å². The second-order valence-electron chi connectivity index (χ2n) is 5.92. The summed E-state index contributed by atoms with van der Waals surface area (Å²) in [6.45, 7) is 4.48. The summed E-state index contributed by atoms with van der Waals surface area (Å²) in [6.07, 6.45) is 4.58. The molecule has 0 saturated heterocycles. The molecule has 124 valence electrons. The molecule has 0 unspecified atom stereocenters. The van der Waals surface area contributed by atoms with Crippen molar-refractivity contribution in [2.24, 2.45) is 0 Å². The van der Waals surface area contributed by atoms with E-state index in [2.05, 4.69) is 11.9 Å². The van der Waals surface area contributed by atoms with Gasteiger partial charge in [-0.2, -0.15) is 0 Å². The molecule has 3 aromatic rings. The molecule has 2 heterocycles. The van der Waals surface area contributed by atoms with Crippen molar-refractivity contribution >= 4 is 5.65 Å². The van der Waals surface area contributed by atoms with Gasteiger partial charge >= 0.3 is 0 Å². The number of hydrogen-bond donors (Lipinski definition) is 0. The summed E-state index contributed by atoms with van der Waals surface area (Å²) < 4.78 is 7.51. The van der Waals surface area contributed by atoms with E-state index in [1.165, 1.54) is 0 Å². The van der Waals surface area contributed by atoms with E-state index in [9.17, 15) is 4.79 Å². The van der Waals surface area contributed by atoms with E-state index < -0.39 is 0 Å². The van der Waals surface area contributed by atoms with Gasteiger partial charge in [-0.25, -0.2) is 4.98 Å². The lowest BCUT2D eigenvalue weighted by Crippen LogP contribution is -2.22. The van der Waals surface area contributed by atoms with Gasteiger partial charge in [0, 0.05) is 17.5 Å². The molecule has 0 aliphatic rings. The van der Waals surface area contributed by atoms with Crippen LogP contribution in [0.5, 0.6) is 5.75 Å². The van der Waals surface area contributed by atoms with Crippen molar-refractivity contribution in [2.45, 2.75) is 39.7 Å². The maximum absolute atomic E-state index is 12.7. The Kier molecular flexibility index (Phi) is 4.94. The Hall–Kier alpha value is -2.62. The molecule has 3 rings (SSSR count). The van der Waals surface area contributed by atoms with Crippen molar-refractivity contribution in [3.05, 3.63) is 75.8 Å². The quantitative estimate of drug-likeness (QED) is 0.691. The minimum absolute atomic E-state index is 0.0103. The molecule has 0 amide bonds. The Morgan fingerprint density at radius 1 is 1.12 bits per heavy atom. The van der Waals surface area contributed by atoms with E-state index in [1.54, 1.807) is 10.6 Å². The second kappa shape index (κ2) is 7.30. The lowest BCUT2D eigenvalue weighted by atomic mass is 10.1. The molecule has 0 spiro atoms. The van der Waals surface area contributed by atoms with E-state index >= 15 is 0 Å². The third-order valence-corrected chi connectivity index (χ3v) is 4.14. The van der Waals surface area contributed by atoms with Gasteiger partial charge in [-0.05, 0) is 37.5 Å². The monoisotopic (exact) mass is 322 g/mol. The zero-order valence-electron chi connectivity index (χ0n) is 14.2. The minimum atomic E-state index is 0.0103. The molecular formula is C20H22N2O2. The molecule has 24 heavy (non-hydrogen) atoms. The van der Waals surface area contributed by atoms with Gasteiger partial charge in [-0.1, -0.05) is 43.7 Å². The highest BCUT2D eigenvalue weighted by atomic mass is 16.5. The minimum Gasteiger partial charge on any atom is -0.485 e. The van der Waals surface area contributed by atoms with Crippen molar-refractivity contribution < 1.29 is 4.74 Å². The van der Waals surface area contributed by atoms with Gasteiger partial charge in [0.1, 0.15) is 6.61 Å². The average Bonchev–Trinajstić information content (AvgIpc) is 2.61.